The Morgan fingerprint density at radius 3 is 2.42 bits per heavy atom. The Morgan fingerprint density at radius 2 is 1.84 bits per heavy atom. The van der Waals surface area contributed by atoms with Crippen LogP contribution in [0.3, 0.4) is 0 Å². The van der Waals surface area contributed by atoms with E-state index in [1.165, 1.54) is 12.1 Å². The maximum Gasteiger partial charge on any atom is 0.416 e. The van der Waals surface area contributed by atoms with Crippen molar-refractivity contribution in [1.29, 1.82) is 0 Å². The predicted molar refractivity (Wildman–Crippen MR) is 70.9 cm³/mol. The molecule has 0 saturated heterocycles. The van der Waals surface area contributed by atoms with Crippen molar-refractivity contribution in [3.8, 4) is 0 Å². The van der Waals surface area contributed by atoms with E-state index in [-0.39, 0.29) is 0 Å². The number of nitrogens with one attached hydrogen (secondary N) is 1. The summed E-state index contributed by atoms with van der Waals surface area (Å²) in [6, 6.07) is 5.45. The second kappa shape index (κ2) is 7.50. The van der Waals surface area contributed by atoms with Crippen LogP contribution in [0.5, 0.6) is 0 Å². The van der Waals surface area contributed by atoms with Crippen LogP contribution in [0.25, 0.3) is 0 Å². The molecule has 0 heterocycles. The Morgan fingerprint density at radius 1 is 1.16 bits per heavy atom. The first-order valence-corrected chi connectivity index (χ1v) is 6.56. The normalized spacial score (nSPS) is 12.1. The minimum Gasteiger partial charge on any atom is -0.311 e. The SMILES string of the molecule is CCN(CC)CCNCc1cccc(C(F)(F)F)c1. The average molecular weight is 274 g/mol. The Kier molecular flexibility index (Phi) is 6.31. The van der Waals surface area contributed by atoms with Gasteiger partial charge in [-0.25, -0.2) is 0 Å². The predicted octanol–water partition coefficient (Wildman–Crippen LogP) is 3.14. The van der Waals surface area contributed by atoms with E-state index in [1.54, 1.807) is 6.07 Å². The molecule has 1 rings (SSSR count). The monoisotopic (exact) mass is 274 g/mol. The van der Waals surface area contributed by atoms with Crippen LogP contribution in [0.4, 0.5) is 13.2 Å². The lowest BCUT2D eigenvalue weighted by Gasteiger charge is -2.18. The zero-order valence-electron chi connectivity index (χ0n) is 11.4. The maximum absolute atomic E-state index is 12.5. The van der Waals surface area contributed by atoms with Gasteiger partial charge in [-0.15, -0.1) is 0 Å². The van der Waals surface area contributed by atoms with E-state index in [0.29, 0.717) is 12.1 Å². The maximum atomic E-state index is 12.5. The van der Waals surface area contributed by atoms with Crippen LogP contribution in [-0.4, -0.2) is 31.1 Å². The number of alkyl halides is 3. The van der Waals surface area contributed by atoms with E-state index >= 15 is 0 Å². The highest BCUT2D eigenvalue weighted by molar-refractivity contribution is 5.25. The molecule has 0 aliphatic carbocycles. The third-order valence-corrected chi connectivity index (χ3v) is 3.08. The zero-order chi connectivity index (χ0) is 14.3. The van der Waals surface area contributed by atoms with E-state index in [2.05, 4.69) is 24.1 Å². The van der Waals surface area contributed by atoms with Crippen molar-refractivity contribution in [3.05, 3.63) is 35.4 Å². The molecule has 2 nitrogen and oxygen atoms in total. The summed E-state index contributed by atoms with van der Waals surface area (Å²) in [5.74, 6) is 0. The highest BCUT2D eigenvalue weighted by Crippen LogP contribution is 2.29. The fourth-order valence-electron chi connectivity index (χ4n) is 1.87. The fraction of sp³-hybridized carbons (Fsp3) is 0.571. The zero-order valence-corrected chi connectivity index (χ0v) is 11.4. The highest BCUT2D eigenvalue weighted by Gasteiger charge is 2.30. The van der Waals surface area contributed by atoms with Crippen LogP contribution in [0, 0.1) is 0 Å². The van der Waals surface area contributed by atoms with Crippen LogP contribution >= 0.6 is 0 Å². The third-order valence-electron chi connectivity index (χ3n) is 3.08. The van der Waals surface area contributed by atoms with Gasteiger partial charge < -0.3 is 10.2 Å². The molecule has 0 amide bonds. The fourth-order valence-corrected chi connectivity index (χ4v) is 1.87. The van der Waals surface area contributed by atoms with Gasteiger partial charge >= 0.3 is 6.18 Å². The van der Waals surface area contributed by atoms with Crippen molar-refractivity contribution in [2.24, 2.45) is 0 Å². The number of hydrogen-bond donors (Lipinski definition) is 1. The summed E-state index contributed by atoms with van der Waals surface area (Å²) in [5, 5.41) is 3.17. The van der Waals surface area contributed by atoms with Crippen LogP contribution in [-0.2, 0) is 12.7 Å². The molecule has 0 atom stereocenters. The molecule has 0 aromatic heterocycles. The van der Waals surface area contributed by atoms with Crippen molar-refractivity contribution in [2.75, 3.05) is 26.2 Å². The van der Waals surface area contributed by atoms with Gasteiger partial charge in [0.1, 0.15) is 0 Å². The smallest absolute Gasteiger partial charge is 0.311 e. The number of rotatable bonds is 7. The lowest BCUT2D eigenvalue weighted by Crippen LogP contribution is -2.31. The van der Waals surface area contributed by atoms with Crippen LogP contribution in [0.1, 0.15) is 25.0 Å². The van der Waals surface area contributed by atoms with Crippen LogP contribution < -0.4 is 5.32 Å². The molecule has 0 aliphatic heterocycles. The highest BCUT2D eigenvalue weighted by atomic mass is 19.4. The number of halogens is 3. The first kappa shape index (κ1) is 16.0. The molecule has 1 aromatic carbocycles. The molecule has 0 bridgehead atoms. The molecule has 0 fully saturated rings. The van der Waals surface area contributed by atoms with Gasteiger partial charge in [-0.2, -0.15) is 13.2 Å². The second-order valence-electron chi connectivity index (χ2n) is 4.40. The molecule has 0 unspecified atom stereocenters. The topological polar surface area (TPSA) is 15.3 Å². The van der Waals surface area contributed by atoms with Crippen LogP contribution in [0.15, 0.2) is 24.3 Å². The van der Waals surface area contributed by atoms with Crippen molar-refractivity contribution in [3.63, 3.8) is 0 Å². The molecule has 19 heavy (non-hydrogen) atoms. The van der Waals surface area contributed by atoms with E-state index in [4.69, 9.17) is 0 Å². The van der Waals surface area contributed by atoms with Gasteiger partial charge in [0.25, 0.3) is 0 Å². The summed E-state index contributed by atoms with van der Waals surface area (Å²) in [6.45, 7) is 8.31. The second-order valence-corrected chi connectivity index (χ2v) is 4.40. The summed E-state index contributed by atoms with van der Waals surface area (Å²) in [7, 11) is 0. The van der Waals surface area contributed by atoms with Crippen molar-refractivity contribution >= 4 is 0 Å². The van der Waals surface area contributed by atoms with Gasteiger partial charge in [0, 0.05) is 19.6 Å². The minimum absolute atomic E-state index is 0.463. The van der Waals surface area contributed by atoms with Crippen molar-refractivity contribution in [1.82, 2.24) is 10.2 Å². The number of hydrogen-bond acceptors (Lipinski definition) is 2. The summed E-state index contributed by atoms with van der Waals surface area (Å²) < 4.78 is 37.6. The Bertz CT molecular complexity index is 373. The van der Waals surface area contributed by atoms with Gasteiger partial charge in [-0.05, 0) is 24.7 Å². The first-order chi connectivity index (χ1) is 8.97. The van der Waals surface area contributed by atoms with Gasteiger partial charge in [-0.3, -0.25) is 0 Å². The molecule has 0 aliphatic rings. The van der Waals surface area contributed by atoms with Crippen LogP contribution in [0.2, 0.25) is 0 Å². The molecule has 0 radical (unpaired) electrons. The standard InChI is InChI=1S/C14H21F3N2/c1-3-19(4-2)9-8-18-11-12-6-5-7-13(10-12)14(15,16)17/h5-7,10,18H,3-4,8-9,11H2,1-2H3. The minimum atomic E-state index is -4.27. The summed E-state index contributed by atoms with van der Waals surface area (Å²) in [6.07, 6.45) is -4.27. The van der Waals surface area contributed by atoms with Crippen molar-refractivity contribution in [2.45, 2.75) is 26.6 Å². The van der Waals surface area contributed by atoms with Crippen molar-refractivity contribution < 1.29 is 13.2 Å². The van der Waals surface area contributed by atoms with E-state index < -0.39 is 11.7 Å². The Hall–Kier alpha value is -1.07. The first-order valence-electron chi connectivity index (χ1n) is 6.56. The summed E-state index contributed by atoms with van der Waals surface area (Å²) >= 11 is 0. The summed E-state index contributed by atoms with van der Waals surface area (Å²) in [4.78, 5) is 2.26. The largest absolute Gasteiger partial charge is 0.416 e. The number of likely N-dealkylation sites (N-methyl/N-ethyl adjacent to an activating group) is 1. The molecule has 0 spiro atoms. The van der Waals surface area contributed by atoms with Gasteiger partial charge in [0.2, 0.25) is 0 Å². The lowest BCUT2D eigenvalue weighted by atomic mass is 10.1. The third kappa shape index (κ3) is 5.61. The van der Waals surface area contributed by atoms with E-state index in [9.17, 15) is 13.2 Å². The molecule has 1 N–H and O–H groups in total. The molecule has 1 aromatic rings. The Balaban J connectivity index is 2.42. The lowest BCUT2D eigenvalue weighted by molar-refractivity contribution is -0.137. The molecular weight excluding hydrogens is 253 g/mol. The molecular formula is C14H21F3N2. The van der Waals surface area contributed by atoms with Gasteiger partial charge in [-0.1, -0.05) is 32.0 Å². The van der Waals surface area contributed by atoms with E-state index in [0.717, 1.165) is 32.2 Å². The van der Waals surface area contributed by atoms with Gasteiger partial charge in [0.05, 0.1) is 5.56 Å². The quantitative estimate of drug-likeness (QED) is 0.768. The molecule has 0 saturated carbocycles. The number of nitrogens with zero attached hydrogens (tertiary/aromatic N) is 1. The Labute approximate surface area is 112 Å². The molecule has 108 valence electrons. The number of benzene rings is 1. The van der Waals surface area contributed by atoms with E-state index in [1.807, 2.05) is 0 Å². The van der Waals surface area contributed by atoms with Gasteiger partial charge in [0.15, 0.2) is 0 Å². The molecule has 5 heteroatoms. The average Bonchev–Trinajstić information content (AvgIpc) is 2.38. The summed E-state index contributed by atoms with van der Waals surface area (Å²) in [5.41, 5.74) is 0.0740.